The lowest BCUT2D eigenvalue weighted by atomic mass is 9.47. The first-order chi connectivity index (χ1) is 13.9. The Kier molecular flexibility index (Phi) is 6.53. The quantitative estimate of drug-likeness (QED) is 0.376. The third-order valence-corrected chi connectivity index (χ3v) is 10.2. The molecule has 0 bridgehead atoms. The number of hydrogen-bond acceptors (Lipinski definition) is 2. The first-order valence-corrected chi connectivity index (χ1v) is 12.7. The topological polar surface area (TPSA) is 29.5 Å². The number of methoxy groups -OCH3 is 1. The predicted octanol–water partition coefficient (Wildman–Crippen LogP) is 6.77. The Morgan fingerprint density at radius 2 is 1.93 bits per heavy atom. The van der Waals surface area contributed by atoms with Crippen LogP contribution in [0.4, 0.5) is 0 Å². The molecule has 0 aliphatic heterocycles. The van der Waals surface area contributed by atoms with Crippen molar-refractivity contribution < 1.29 is 9.84 Å². The molecular weight excluding hydrogens is 356 g/mol. The maximum absolute atomic E-state index is 10.2. The average molecular weight is 403 g/mol. The van der Waals surface area contributed by atoms with Crippen LogP contribution < -0.4 is 0 Å². The highest BCUT2D eigenvalue weighted by atomic mass is 16.5. The van der Waals surface area contributed by atoms with Crippen molar-refractivity contribution in [3.05, 3.63) is 11.6 Å². The summed E-state index contributed by atoms with van der Waals surface area (Å²) in [7, 11) is 1.83. The highest BCUT2D eigenvalue weighted by Crippen LogP contribution is 2.66. The molecule has 0 spiro atoms. The van der Waals surface area contributed by atoms with Gasteiger partial charge < -0.3 is 9.84 Å². The lowest BCUT2D eigenvalue weighted by Gasteiger charge is -2.58. The third-order valence-electron chi connectivity index (χ3n) is 10.2. The number of rotatable bonds is 7. The van der Waals surface area contributed by atoms with Gasteiger partial charge in [-0.3, -0.25) is 0 Å². The first kappa shape index (κ1) is 21.9. The van der Waals surface area contributed by atoms with E-state index in [1.807, 2.05) is 7.11 Å². The Hall–Kier alpha value is -0.340. The highest BCUT2D eigenvalue weighted by molar-refractivity contribution is 5.25. The van der Waals surface area contributed by atoms with Crippen LogP contribution in [0.3, 0.4) is 0 Å². The van der Waals surface area contributed by atoms with E-state index in [1.165, 1.54) is 64.2 Å². The Bertz CT molecular complexity index is 597. The van der Waals surface area contributed by atoms with Crippen molar-refractivity contribution in [3.8, 4) is 0 Å². The second-order valence-electron chi connectivity index (χ2n) is 11.8. The van der Waals surface area contributed by atoms with Crippen LogP contribution in [0.1, 0.15) is 97.8 Å². The van der Waals surface area contributed by atoms with Gasteiger partial charge in [-0.15, -0.1) is 0 Å². The summed E-state index contributed by atoms with van der Waals surface area (Å²) in [6, 6.07) is 0. The third kappa shape index (κ3) is 3.98. The zero-order valence-electron chi connectivity index (χ0n) is 19.6. The van der Waals surface area contributed by atoms with Crippen LogP contribution in [0, 0.1) is 40.4 Å². The second kappa shape index (κ2) is 8.65. The van der Waals surface area contributed by atoms with Crippen molar-refractivity contribution in [1.82, 2.24) is 0 Å². The summed E-state index contributed by atoms with van der Waals surface area (Å²) in [5.41, 5.74) is 2.59. The van der Waals surface area contributed by atoms with Crippen molar-refractivity contribution in [1.29, 1.82) is 0 Å². The molecule has 0 aromatic heterocycles. The van der Waals surface area contributed by atoms with E-state index in [2.05, 4.69) is 26.8 Å². The van der Waals surface area contributed by atoms with Gasteiger partial charge in [-0.25, -0.2) is 0 Å². The standard InChI is InChI=1S/C27H46O2/c1-19(18-29-4)7-5-6-8-20-10-12-24-23-11-9-21-17-22(28)13-15-27(21,3)25(23)14-16-26(20,24)2/h9,19-20,22-25,28H,5-8,10-18H2,1-4H3. The molecule has 29 heavy (non-hydrogen) atoms. The molecule has 2 heteroatoms. The minimum atomic E-state index is -0.0813. The molecule has 0 aromatic rings. The van der Waals surface area contributed by atoms with Gasteiger partial charge in [-0.2, -0.15) is 0 Å². The van der Waals surface area contributed by atoms with Crippen LogP contribution in [0.5, 0.6) is 0 Å². The summed E-state index contributed by atoms with van der Waals surface area (Å²) < 4.78 is 5.30. The number of fused-ring (bicyclic) bond motifs is 5. The normalized spacial score (nSPS) is 45.1. The van der Waals surface area contributed by atoms with Crippen molar-refractivity contribution in [2.24, 2.45) is 40.4 Å². The lowest BCUT2D eigenvalue weighted by Crippen LogP contribution is -2.50. The fourth-order valence-electron chi connectivity index (χ4n) is 8.48. The van der Waals surface area contributed by atoms with Crippen LogP contribution in [-0.4, -0.2) is 24.9 Å². The van der Waals surface area contributed by atoms with E-state index in [4.69, 9.17) is 4.74 Å². The zero-order valence-corrected chi connectivity index (χ0v) is 19.6. The van der Waals surface area contributed by atoms with Gasteiger partial charge in [0.25, 0.3) is 0 Å². The maximum Gasteiger partial charge on any atom is 0.0577 e. The smallest absolute Gasteiger partial charge is 0.0577 e. The van der Waals surface area contributed by atoms with E-state index in [9.17, 15) is 5.11 Å². The Morgan fingerprint density at radius 1 is 1.10 bits per heavy atom. The van der Waals surface area contributed by atoms with Gasteiger partial charge >= 0.3 is 0 Å². The van der Waals surface area contributed by atoms with Crippen LogP contribution in [0.25, 0.3) is 0 Å². The van der Waals surface area contributed by atoms with E-state index in [1.54, 1.807) is 5.57 Å². The molecule has 4 aliphatic carbocycles. The Morgan fingerprint density at radius 3 is 2.72 bits per heavy atom. The molecular formula is C27H46O2. The Labute approximate surface area is 179 Å². The molecule has 0 heterocycles. The van der Waals surface area contributed by atoms with Crippen LogP contribution in [0.15, 0.2) is 11.6 Å². The lowest BCUT2D eigenvalue weighted by molar-refractivity contribution is -0.0509. The molecule has 166 valence electrons. The summed E-state index contributed by atoms with van der Waals surface area (Å²) in [5, 5.41) is 10.2. The van der Waals surface area contributed by atoms with Gasteiger partial charge in [0.1, 0.15) is 0 Å². The average Bonchev–Trinajstić information content (AvgIpc) is 3.02. The number of aliphatic hydroxyl groups excluding tert-OH is 1. The molecule has 4 rings (SSSR count). The maximum atomic E-state index is 10.2. The number of ether oxygens (including phenoxy) is 1. The molecule has 0 amide bonds. The van der Waals surface area contributed by atoms with Crippen LogP contribution in [-0.2, 0) is 4.74 Å². The Balaban J connectivity index is 1.38. The van der Waals surface area contributed by atoms with Crippen molar-refractivity contribution >= 4 is 0 Å². The largest absolute Gasteiger partial charge is 0.393 e. The fourth-order valence-corrected chi connectivity index (χ4v) is 8.48. The second-order valence-corrected chi connectivity index (χ2v) is 11.8. The molecule has 3 fully saturated rings. The molecule has 0 aromatic carbocycles. The SMILES string of the molecule is COCC(C)CCCCC1CCC2C3CC=C4CC(O)CCC4(C)C3CCC12C. The zero-order chi connectivity index (χ0) is 20.6. The van der Waals surface area contributed by atoms with E-state index >= 15 is 0 Å². The van der Waals surface area contributed by atoms with Gasteiger partial charge in [-0.1, -0.05) is 45.3 Å². The van der Waals surface area contributed by atoms with Gasteiger partial charge in [0.05, 0.1) is 6.10 Å². The van der Waals surface area contributed by atoms with Gasteiger partial charge in [-0.05, 0) is 105 Å². The highest BCUT2D eigenvalue weighted by Gasteiger charge is 2.58. The summed E-state index contributed by atoms with van der Waals surface area (Å²) >= 11 is 0. The van der Waals surface area contributed by atoms with Gasteiger partial charge in [0.2, 0.25) is 0 Å². The minimum absolute atomic E-state index is 0.0813. The van der Waals surface area contributed by atoms with E-state index in [0.717, 1.165) is 43.1 Å². The number of allylic oxidation sites excluding steroid dienone is 1. The summed E-state index contributed by atoms with van der Waals surface area (Å²) in [5.74, 6) is 4.39. The van der Waals surface area contributed by atoms with E-state index in [-0.39, 0.29) is 6.10 Å². The van der Waals surface area contributed by atoms with Crippen LogP contribution >= 0.6 is 0 Å². The van der Waals surface area contributed by atoms with Crippen molar-refractivity contribution in [3.63, 3.8) is 0 Å². The summed E-state index contributed by atoms with van der Waals surface area (Å²) in [4.78, 5) is 0. The summed E-state index contributed by atoms with van der Waals surface area (Å²) in [6.07, 6.45) is 18.4. The van der Waals surface area contributed by atoms with Crippen molar-refractivity contribution in [2.75, 3.05) is 13.7 Å². The molecule has 8 atom stereocenters. The van der Waals surface area contributed by atoms with Gasteiger partial charge in [0.15, 0.2) is 0 Å². The molecule has 0 radical (unpaired) electrons. The van der Waals surface area contributed by atoms with E-state index < -0.39 is 0 Å². The summed E-state index contributed by atoms with van der Waals surface area (Å²) in [6.45, 7) is 8.47. The molecule has 4 aliphatic rings. The number of unbranched alkanes of at least 4 members (excludes halogenated alkanes) is 1. The first-order valence-electron chi connectivity index (χ1n) is 12.7. The molecule has 8 unspecified atom stereocenters. The van der Waals surface area contributed by atoms with E-state index in [0.29, 0.717) is 16.7 Å². The molecule has 0 saturated heterocycles. The monoisotopic (exact) mass is 402 g/mol. The van der Waals surface area contributed by atoms with Crippen molar-refractivity contribution in [2.45, 2.75) is 104 Å². The number of hydrogen-bond donors (Lipinski definition) is 1. The predicted molar refractivity (Wildman–Crippen MR) is 121 cm³/mol. The van der Waals surface area contributed by atoms with Gasteiger partial charge in [0, 0.05) is 13.7 Å². The fraction of sp³-hybridized carbons (Fsp3) is 0.926. The molecule has 1 N–H and O–H groups in total. The minimum Gasteiger partial charge on any atom is -0.393 e. The molecule has 2 nitrogen and oxygen atoms in total. The molecule has 3 saturated carbocycles. The number of aliphatic hydroxyl groups is 1. The van der Waals surface area contributed by atoms with Crippen LogP contribution in [0.2, 0.25) is 0 Å².